The van der Waals surface area contributed by atoms with E-state index in [0.717, 1.165) is 13.2 Å². The predicted octanol–water partition coefficient (Wildman–Crippen LogP) is 10.7. The van der Waals surface area contributed by atoms with Crippen LogP contribution in [0.2, 0.25) is 0 Å². The van der Waals surface area contributed by atoms with E-state index < -0.39 is 0 Å². The molecule has 0 saturated heterocycles. The molecule has 0 aliphatic heterocycles. The molecule has 2 rings (SSSR count). The number of hydrogen-bond acceptors (Lipinski definition) is 2. The molecule has 0 aromatic rings. The second kappa shape index (κ2) is 23.3. The molecule has 0 atom stereocenters. The molecule has 0 spiro atoms. The third kappa shape index (κ3) is 18.2. The van der Waals surface area contributed by atoms with Gasteiger partial charge in [-0.15, -0.1) is 0 Å². The van der Waals surface area contributed by atoms with Crippen LogP contribution in [0.5, 0.6) is 0 Å². The topological polar surface area (TPSA) is 18.5 Å². The fourth-order valence-electron chi connectivity index (χ4n) is 6.00. The summed E-state index contributed by atoms with van der Waals surface area (Å²) >= 11 is 0. The maximum absolute atomic E-state index is 6.03. The fourth-order valence-corrected chi connectivity index (χ4v) is 6.00. The molecule has 0 heterocycles. The summed E-state index contributed by atoms with van der Waals surface area (Å²) in [5.74, 6) is 0. The smallest absolute Gasteiger partial charge is 0.0575 e. The molecule has 0 amide bonds. The van der Waals surface area contributed by atoms with Crippen molar-refractivity contribution in [1.82, 2.24) is 0 Å². The second-order valence-electron chi connectivity index (χ2n) is 11.6. The molecule has 2 aliphatic carbocycles. The van der Waals surface area contributed by atoms with Crippen molar-refractivity contribution < 1.29 is 9.47 Å². The van der Waals surface area contributed by atoms with Crippen molar-refractivity contribution >= 4 is 0 Å². The zero-order chi connectivity index (χ0) is 23.8. The molecule has 2 saturated carbocycles. The Morgan fingerprint density at radius 3 is 0.794 bits per heavy atom. The summed E-state index contributed by atoms with van der Waals surface area (Å²) in [5.41, 5.74) is 0. The van der Waals surface area contributed by atoms with Crippen LogP contribution in [-0.2, 0) is 9.47 Å². The van der Waals surface area contributed by atoms with Gasteiger partial charge in [0.1, 0.15) is 0 Å². The third-order valence-electron chi connectivity index (χ3n) is 8.35. The van der Waals surface area contributed by atoms with Gasteiger partial charge in [-0.05, 0) is 38.5 Å². The monoisotopic (exact) mass is 478 g/mol. The standard InChI is InChI=1S/C32H62O2/c1(3-5-7-9-11-13-15-23-29-33-31-25-19-17-20-26-31)2-4-6-8-10-12-14-16-24-30-34-32-27-21-18-22-28-32/h31-32H,1-30H2. The molecule has 202 valence electrons. The highest BCUT2D eigenvalue weighted by Crippen LogP contribution is 2.22. The van der Waals surface area contributed by atoms with Crippen molar-refractivity contribution in [2.24, 2.45) is 0 Å². The quantitative estimate of drug-likeness (QED) is 0.136. The Hall–Kier alpha value is -0.0800. The first kappa shape index (κ1) is 30.1. The van der Waals surface area contributed by atoms with Crippen LogP contribution >= 0.6 is 0 Å². The van der Waals surface area contributed by atoms with Gasteiger partial charge in [0, 0.05) is 13.2 Å². The van der Waals surface area contributed by atoms with Gasteiger partial charge in [0.15, 0.2) is 0 Å². The summed E-state index contributed by atoms with van der Waals surface area (Å²) in [4.78, 5) is 0. The van der Waals surface area contributed by atoms with Crippen LogP contribution in [-0.4, -0.2) is 25.4 Å². The van der Waals surface area contributed by atoms with Crippen LogP contribution in [0.4, 0.5) is 0 Å². The van der Waals surface area contributed by atoms with E-state index in [0.29, 0.717) is 12.2 Å². The van der Waals surface area contributed by atoms with Crippen LogP contribution in [0.3, 0.4) is 0 Å². The van der Waals surface area contributed by atoms with Gasteiger partial charge in [-0.25, -0.2) is 0 Å². The van der Waals surface area contributed by atoms with Gasteiger partial charge in [0.25, 0.3) is 0 Å². The van der Waals surface area contributed by atoms with E-state index in [4.69, 9.17) is 9.47 Å². The van der Waals surface area contributed by atoms with Crippen LogP contribution in [0.25, 0.3) is 0 Å². The zero-order valence-corrected chi connectivity index (χ0v) is 23.2. The largest absolute Gasteiger partial charge is 0.378 e. The fraction of sp³-hybridized carbons (Fsp3) is 1.00. The van der Waals surface area contributed by atoms with Gasteiger partial charge in [0.05, 0.1) is 12.2 Å². The average molecular weight is 479 g/mol. The summed E-state index contributed by atoms with van der Waals surface area (Å²) in [5, 5.41) is 0. The molecule has 2 aliphatic rings. The van der Waals surface area contributed by atoms with E-state index in [1.807, 2.05) is 0 Å². The lowest BCUT2D eigenvalue weighted by atomic mass is 9.98. The van der Waals surface area contributed by atoms with Gasteiger partial charge >= 0.3 is 0 Å². The van der Waals surface area contributed by atoms with E-state index in [2.05, 4.69) is 0 Å². The average Bonchev–Trinajstić information content (AvgIpc) is 2.88. The Balaban J connectivity index is 1.16. The first-order chi connectivity index (χ1) is 16.9. The number of ether oxygens (including phenoxy) is 2. The Bertz CT molecular complexity index is 360. The molecule has 2 heteroatoms. The van der Waals surface area contributed by atoms with Crippen molar-refractivity contribution in [3.05, 3.63) is 0 Å². The van der Waals surface area contributed by atoms with Crippen molar-refractivity contribution in [1.29, 1.82) is 0 Å². The maximum Gasteiger partial charge on any atom is 0.0575 e. The Morgan fingerprint density at radius 1 is 0.294 bits per heavy atom. The highest BCUT2D eigenvalue weighted by molar-refractivity contribution is 4.65. The minimum absolute atomic E-state index is 0.597. The van der Waals surface area contributed by atoms with Crippen molar-refractivity contribution in [3.63, 3.8) is 0 Å². The molecule has 0 aromatic heterocycles. The molecule has 0 aromatic carbocycles. The number of rotatable bonds is 23. The summed E-state index contributed by atoms with van der Waals surface area (Å²) in [6, 6.07) is 0. The molecular weight excluding hydrogens is 416 g/mol. The van der Waals surface area contributed by atoms with Crippen LogP contribution in [0.15, 0.2) is 0 Å². The zero-order valence-electron chi connectivity index (χ0n) is 23.2. The van der Waals surface area contributed by atoms with E-state index in [-0.39, 0.29) is 0 Å². The summed E-state index contributed by atoms with van der Waals surface area (Å²) < 4.78 is 12.1. The molecule has 2 nitrogen and oxygen atoms in total. The van der Waals surface area contributed by atoms with Gasteiger partial charge in [-0.3, -0.25) is 0 Å². The van der Waals surface area contributed by atoms with Gasteiger partial charge < -0.3 is 9.47 Å². The lowest BCUT2D eigenvalue weighted by Gasteiger charge is -2.21. The first-order valence-electron chi connectivity index (χ1n) is 16.2. The highest BCUT2D eigenvalue weighted by Gasteiger charge is 2.13. The predicted molar refractivity (Wildman–Crippen MR) is 149 cm³/mol. The van der Waals surface area contributed by atoms with Gasteiger partial charge in [0.2, 0.25) is 0 Å². The molecule has 0 bridgehead atoms. The normalized spacial score (nSPS) is 18.0. The lowest BCUT2D eigenvalue weighted by Crippen LogP contribution is -2.17. The van der Waals surface area contributed by atoms with Crippen LogP contribution in [0, 0.1) is 0 Å². The van der Waals surface area contributed by atoms with E-state index in [9.17, 15) is 0 Å². The van der Waals surface area contributed by atoms with E-state index in [1.165, 1.54) is 180 Å². The first-order valence-corrected chi connectivity index (χ1v) is 16.2. The van der Waals surface area contributed by atoms with Crippen molar-refractivity contribution in [2.45, 2.75) is 192 Å². The SMILES string of the molecule is C(CCCCCCCCCCOC1CCCCC1)CCCCCCCCCOC1CCCCC1. The lowest BCUT2D eigenvalue weighted by molar-refractivity contribution is 0.0261. The molecule has 0 radical (unpaired) electrons. The van der Waals surface area contributed by atoms with Gasteiger partial charge in [-0.2, -0.15) is 0 Å². The van der Waals surface area contributed by atoms with E-state index in [1.54, 1.807) is 0 Å². The Labute approximate surface area is 214 Å². The molecule has 2 fully saturated rings. The molecule has 34 heavy (non-hydrogen) atoms. The number of unbranched alkanes of at least 4 members (excludes halogenated alkanes) is 17. The Kier molecular flexibility index (Phi) is 20.7. The van der Waals surface area contributed by atoms with Gasteiger partial charge in [-0.1, -0.05) is 141 Å². The third-order valence-corrected chi connectivity index (χ3v) is 8.35. The summed E-state index contributed by atoms with van der Waals surface area (Å²) in [6.07, 6.45) is 40.6. The van der Waals surface area contributed by atoms with Crippen molar-refractivity contribution in [2.75, 3.05) is 13.2 Å². The van der Waals surface area contributed by atoms with Crippen molar-refractivity contribution in [3.8, 4) is 0 Å². The van der Waals surface area contributed by atoms with Crippen LogP contribution in [0.1, 0.15) is 180 Å². The Morgan fingerprint density at radius 2 is 0.529 bits per heavy atom. The molecular formula is C32H62O2. The molecule has 0 unspecified atom stereocenters. The summed E-state index contributed by atoms with van der Waals surface area (Å²) in [6.45, 7) is 2.03. The van der Waals surface area contributed by atoms with Crippen LogP contribution < -0.4 is 0 Å². The second-order valence-corrected chi connectivity index (χ2v) is 11.6. The molecule has 0 N–H and O–H groups in total. The summed E-state index contributed by atoms with van der Waals surface area (Å²) in [7, 11) is 0. The maximum atomic E-state index is 6.03. The minimum atomic E-state index is 0.597. The van der Waals surface area contributed by atoms with E-state index >= 15 is 0 Å². The highest BCUT2D eigenvalue weighted by atomic mass is 16.5. The minimum Gasteiger partial charge on any atom is -0.378 e. The number of hydrogen-bond donors (Lipinski definition) is 0.